The molecular weight excluding hydrogens is 458 g/mol. The largest absolute Gasteiger partial charge is 0.508 e. The molecule has 0 radical (unpaired) electrons. The van der Waals surface area contributed by atoms with Gasteiger partial charge in [0, 0.05) is 12.6 Å². The van der Waals surface area contributed by atoms with Crippen molar-refractivity contribution < 1.29 is 24.2 Å². The molecule has 0 aliphatic rings. The lowest BCUT2D eigenvalue weighted by atomic mass is 9.98. The summed E-state index contributed by atoms with van der Waals surface area (Å²) in [5, 5.41) is 15.8. The van der Waals surface area contributed by atoms with E-state index in [0.29, 0.717) is 24.9 Å². The van der Waals surface area contributed by atoms with Crippen LogP contribution in [0.3, 0.4) is 0 Å². The van der Waals surface area contributed by atoms with E-state index < -0.39 is 23.8 Å². The molecule has 1 aromatic rings. The normalized spacial score (nSPS) is 13.3. The van der Waals surface area contributed by atoms with Crippen molar-refractivity contribution in [2.45, 2.75) is 111 Å². The smallest absolute Gasteiger partial charge is 0.408 e. The van der Waals surface area contributed by atoms with Crippen LogP contribution in [0.5, 0.6) is 5.75 Å². The van der Waals surface area contributed by atoms with Crippen LogP contribution in [0.15, 0.2) is 24.3 Å². The van der Waals surface area contributed by atoms with Crippen LogP contribution in [-0.4, -0.2) is 52.1 Å². The molecule has 0 aliphatic carbocycles. The van der Waals surface area contributed by atoms with Crippen molar-refractivity contribution in [3.63, 3.8) is 0 Å². The average Bonchev–Trinajstić information content (AvgIpc) is 2.72. The summed E-state index contributed by atoms with van der Waals surface area (Å²) in [6.07, 6.45) is 3.39. The van der Waals surface area contributed by atoms with Gasteiger partial charge in [-0.3, -0.25) is 9.59 Å². The molecule has 0 saturated carbocycles. The van der Waals surface area contributed by atoms with E-state index >= 15 is 0 Å². The Bertz CT molecular complexity index is 848. The number of benzene rings is 1. The average molecular weight is 506 g/mol. The van der Waals surface area contributed by atoms with Gasteiger partial charge < -0.3 is 25.4 Å². The number of carbonyl (C=O) groups is 3. The van der Waals surface area contributed by atoms with Crippen molar-refractivity contribution in [3.05, 3.63) is 29.8 Å². The Morgan fingerprint density at radius 3 is 2.22 bits per heavy atom. The third-order valence-corrected chi connectivity index (χ3v) is 5.41. The monoisotopic (exact) mass is 505 g/mol. The van der Waals surface area contributed by atoms with Crippen molar-refractivity contribution in [2.75, 3.05) is 6.54 Å². The van der Waals surface area contributed by atoms with E-state index in [4.69, 9.17) is 4.74 Å². The number of nitrogens with zero attached hydrogens (tertiary/aromatic N) is 1. The minimum absolute atomic E-state index is 0.0128. The quantitative estimate of drug-likeness (QED) is 0.315. The molecule has 36 heavy (non-hydrogen) atoms. The van der Waals surface area contributed by atoms with Crippen LogP contribution in [0, 0.1) is 5.92 Å². The van der Waals surface area contributed by atoms with E-state index in [-0.39, 0.29) is 29.5 Å². The summed E-state index contributed by atoms with van der Waals surface area (Å²) in [4.78, 5) is 41.7. The molecule has 8 nitrogen and oxygen atoms in total. The molecule has 0 aliphatic heterocycles. The van der Waals surface area contributed by atoms with E-state index in [0.717, 1.165) is 19.3 Å². The summed E-state index contributed by atoms with van der Waals surface area (Å²) in [6, 6.07) is 4.47. The van der Waals surface area contributed by atoms with E-state index in [2.05, 4.69) is 17.6 Å². The maximum atomic E-state index is 14.0. The molecule has 8 heteroatoms. The Labute approximate surface area is 217 Å². The summed E-state index contributed by atoms with van der Waals surface area (Å²) in [7, 11) is 0. The molecule has 3 N–H and O–H groups in total. The van der Waals surface area contributed by atoms with Crippen molar-refractivity contribution >= 4 is 17.9 Å². The molecule has 0 fully saturated rings. The van der Waals surface area contributed by atoms with Crippen LogP contribution in [0.25, 0.3) is 0 Å². The van der Waals surface area contributed by atoms with Crippen molar-refractivity contribution in [1.82, 2.24) is 15.5 Å². The third-order valence-electron chi connectivity index (χ3n) is 5.41. The van der Waals surface area contributed by atoms with E-state index in [1.807, 2.05) is 27.7 Å². The molecule has 1 rings (SSSR count). The zero-order valence-electron chi connectivity index (χ0n) is 23.4. The maximum absolute atomic E-state index is 14.0. The number of aromatic hydroxyl groups is 1. The standard InChI is InChI=1S/C28H47N3O5/c1-9-10-11-12-16-31(24(25(33)29-20(4)5)21-14-13-15-22(32)18-21)26(34)23(17-19(2)3)30-27(35)36-28(6,7)8/h13-15,18-20,23-24,32H,9-12,16-17H2,1-8H3,(H,29,33)(H,30,35). The Hall–Kier alpha value is -2.77. The fourth-order valence-corrected chi connectivity index (χ4v) is 3.95. The van der Waals surface area contributed by atoms with Crippen molar-refractivity contribution in [2.24, 2.45) is 5.92 Å². The molecule has 2 unspecified atom stereocenters. The van der Waals surface area contributed by atoms with Gasteiger partial charge >= 0.3 is 6.09 Å². The van der Waals surface area contributed by atoms with Gasteiger partial charge in [0.2, 0.25) is 11.8 Å². The predicted octanol–water partition coefficient (Wildman–Crippen LogP) is 5.31. The minimum Gasteiger partial charge on any atom is -0.508 e. The highest BCUT2D eigenvalue weighted by Gasteiger charge is 2.36. The van der Waals surface area contributed by atoms with Crippen molar-refractivity contribution in [3.8, 4) is 5.75 Å². The van der Waals surface area contributed by atoms with E-state index in [1.165, 1.54) is 12.1 Å². The van der Waals surface area contributed by atoms with Gasteiger partial charge in [0.05, 0.1) is 0 Å². The molecule has 2 atom stereocenters. The SMILES string of the molecule is CCCCCCN(C(=O)C(CC(C)C)NC(=O)OC(C)(C)C)C(C(=O)NC(C)C)c1cccc(O)c1. The number of phenols is 1. The van der Waals surface area contributed by atoms with Crippen LogP contribution in [0.2, 0.25) is 0 Å². The number of ether oxygens (including phenoxy) is 1. The molecular formula is C28H47N3O5. The number of phenolic OH excluding ortho intramolecular Hbond substituents is 1. The number of hydrogen-bond acceptors (Lipinski definition) is 5. The highest BCUT2D eigenvalue weighted by Crippen LogP contribution is 2.27. The number of amides is 3. The molecule has 0 aromatic heterocycles. The fraction of sp³-hybridized carbons (Fsp3) is 0.679. The van der Waals surface area contributed by atoms with Gasteiger partial charge in [0.25, 0.3) is 0 Å². The van der Waals surface area contributed by atoms with Crippen LogP contribution in [0.4, 0.5) is 4.79 Å². The molecule has 0 bridgehead atoms. The van der Waals surface area contributed by atoms with Crippen LogP contribution in [-0.2, 0) is 14.3 Å². The van der Waals surface area contributed by atoms with Gasteiger partial charge in [-0.1, -0.05) is 52.2 Å². The first-order chi connectivity index (χ1) is 16.7. The number of alkyl carbamates (subject to hydrolysis) is 1. The van der Waals surface area contributed by atoms with Gasteiger partial charge in [-0.2, -0.15) is 0 Å². The number of carbonyl (C=O) groups excluding carboxylic acids is 3. The van der Waals surface area contributed by atoms with E-state index in [1.54, 1.807) is 37.8 Å². The molecule has 0 heterocycles. The summed E-state index contributed by atoms with van der Waals surface area (Å²) >= 11 is 0. The second-order valence-corrected chi connectivity index (χ2v) is 11.1. The topological polar surface area (TPSA) is 108 Å². The van der Waals surface area contributed by atoms with Gasteiger partial charge in [0.15, 0.2) is 0 Å². The number of nitrogens with one attached hydrogen (secondary N) is 2. The Balaban J connectivity index is 3.46. The lowest BCUT2D eigenvalue weighted by Crippen LogP contribution is -2.54. The first-order valence-corrected chi connectivity index (χ1v) is 13.1. The molecule has 0 saturated heterocycles. The Morgan fingerprint density at radius 1 is 1.03 bits per heavy atom. The third kappa shape index (κ3) is 11.3. The van der Waals surface area contributed by atoms with Crippen LogP contribution < -0.4 is 10.6 Å². The second kappa shape index (κ2) is 14.7. The van der Waals surface area contributed by atoms with Gasteiger partial charge in [-0.05, 0) is 71.1 Å². The van der Waals surface area contributed by atoms with Crippen LogP contribution in [0.1, 0.15) is 99.1 Å². The van der Waals surface area contributed by atoms with Crippen LogP contribution >= 0.6 is 0 Å². The maximum Gasteiger partial charge on any atom is 0.408 e. The van der Waals surface area contributed by atoms with Gasteiger partial charge in [-0.25, -0.2) is 4.79 Å². The first-order valence-electron chi connectivity index (χ1n) is 13.1. The first kappa shape index (κ1) is 31.3. The predicted molar refractivity (Wildman–Crippen MR) is 143 cm³/mol. The highest BCUT2D eigenvalue weighted by atomic mass is 16.6. The Kier molecular flexibility index (Phi) is 12.8. The molecule has 1 aromatic carbocycles. The number of rotatable bonds is 13. The lowest BCUT2D eigenvalue weighted by molar-refractivity contribution is -0.143. The summed E-state index contributed by atoms with van der Waals surface area (Å²) in [5.74, 6) is -0.559. The minimum atomic E-state index is -0.955. The number of unbranched alkanes of at least 4 members (excludes halogenated alkanes) is 3. The lowest BCUT2D eigenvalue weighted by Gasteiger charge is -2.35. The molecule has 204 valence electrons. The van der Waals surface area contributed by atoms with E-state index in [9.17, 15) is 19.5 Å². The fourth-order valence-electron chi connectivity index (χ4n) is 3.95. The number of hydrogen-bond donors (Lipinski definition) is 3. The summed E-state index contributed by atoms with van der Waals surface area (Å²) < 4.78 is 5.42. The second-order valence-electron chi connectivity index (χ2n) is 11.1. The zero-order valence-corrected chi connectivity index (χ0v) is 23.4. The molecule has 0 spiro atoms. The zero-order chi connectivity index (χ0) is 27.5. The Morgan fingerprint density at radius 2 is 1.69 bits per heavy atom. The summed E-state index contributed by atoms with van der Waals surface area (Å²) in [6.45, 7) is 15.4. The van der Waals surface area contributed by atoms with Gasteiger partial charge in [0.1, 0.15) is 23.4 Å². The van der Waals surface area contributed by atoms with Crippen molar-refractivity contribution in [1.29, 1.82) is 0 Å². The molecule has 3 amide bonds. The highest BCUT2D eigenvalue weighted by molar-refractivity contribution is 5.92. The van der Waals surface area contributed by atoms with Gasteiger partial charge in [-0.15, -0.1) is 0 Å². The summed E-state index contributed by atoms with van der Waals surface area (Å²) in [5.41, 5.74) is -0.200.